The van der Waals surface area contributed by atoms with Crippen LogP contribution in [0.3, 0.4) is 0 Å². The molecule has 2 atom stereocenters. The van der Waals surface area contributed by atoms with Crippen LogP contribution in [0.5, 0.6) is 11.5 Å². The molecule has 0 fully saturated rings. The van der Waals surface area contributed by atoms with Gasteiger partial charge < -0.3 is 29.2 Å². The van der Waals surface area contributed by atoms with E-state index < -0.39 is 29.9 Å². The van der Waals surface area contributed by atoms with Gasteiger partial charge in [0.25, 0.3) is 0 Å². The Kier molecular flexibility index (Phi) is 10.9. The molecule has 0 aromatic heterocycles. The number of benzene rings is 2. The lowest BCUT2D eigenvalue weighted by Gasteiger charge is -2.30. The van der Waals surface area contributed by atoms with Crippen LogP contribution in [-0.2, 0) is 24.5 Å². The third kappa shape index (κ3) is 8.77. The lowest BCUT2D eigenvalue weighted by Crippen LogP contribution is -2.24. The second-order valence-electron chi connectivity index (χ2n) is 9.17. The summed E-state index contributed by atoms with van der Waals surface area (Å²) in [6.07, 6.45) is -2.43. The summed E-state index contributed by atoms with van der Waals surface area (Å²) >= 11 is 0. The molecule has 8 nitrogen and oxygen atoms in total. The van der Waals surface area contributed by atoms with E-state index in [0.29, 0.717) is 11.5 Å². The molecule has 2 N–H and O–H groups in total. The first-order chi connectivity index (χ1) is 17.4. The molecule has 0 aliphatic rings. The van der Waals surface area contributed by atoms with Crippen LogP contribution in [0.25, 0.3) is 0 Å². The van der Waals surface area contributed by atoms with Crippen molar-refractivity contribution in [3.05, 3.63) is 84.0 Å². The Balaban J connectivity index is 2.10. The lowest BCUT2D eigenvalue weighted by atomic mass is 9.77. The van der Waals surface area contributed by atoms with E-state index >= 15 is 0 Å². The number of ether oxygens (including phenoxy) is 4. The highest BCUT2D eigenvalue weighted by Gasteiger charge is 2.30. The van der Waals surface area contributed by atoms with Crippen molar-refractivity contribution in [1.29, 1.82) is 0 Å². The minimum absolute atomic E-state index is 0.0890. The first kappa shape index (κ1) is 29.6. The van der Waals surface area contributed by atoms with Crippen LogP contribution in [0, 0.1) is 0 Å². The van der Waals surface area contributed by atoms with Gasteiger partial charge in [0, 0.05) is 40.5 Å². The van der Waals surface area contributed by atoms with Gasteiger partial charge in [-0.3, -0.25) is 0 Å². The van der Waals surface area contributed by atoms with E-state index in [2.05, 4.69) is 13.2 Å². The second kappa shape index (κ2) is 13.6. The van der Waals surface area contributed by atoms with E-state index in [1.807, 2.05) is 62.4 Å². The predicted molar refractivity (Wildman–Crippen MR) is 139 cm³/mol. The molecular formula is C29H36O8. The Morgan fingerprint density at radius 1 is 0.757 bits per heavy atom. The van der Waals surface area contributed by atoms with E-state index in [-0.39, 0.29) is 37.2 Å². The smallest absolute Gasteiger partial charge is 0.335 e. The molecule has 0 aliphatic carbocycles. The zero-order valence-corrected chi connectivity index (χ0v) is 21.9. The fourth-order valence-corrected chi connectivity index (χ4v) is 3.47. The van der Waals surface area contributed by atoms with Crippen molar-refractivity contribution in [2.24, 2.45) is 0 Å². The minimum Gasteiger partial charge on any atom is -0.493 e. The highest BCUT2D eigenvalue weighted by Crippen LogP contribution is 2.41. The number of rotatable bonds is 14. The van der Waals surface area contributed by atoms with Gasteiger partial charge in [0.15, 0.2) is 0 Å². The zero-order chi connectivity index (χ0) is 27.6. The Morgan fingerprint density at radius 2 is 1.11 bits per heavy atom. The van der Waals surface area contributed by atoms with Gasteiger partial charge in [-0.15, -0.1) is 0 Å². The van der Waals surface area contributed by atoms with Crippen LogP contribution in [0.15, 0.2) is 72.8 Å². The number of aliphatic hydroxyl groups excluding tert-OH is 2. The van der Waals surface area contributed by atoms with Crippen LogP contribution in [0.1, 0.15) is 51.7 Å². The Morgan fingerprint density at radius 3 is 1.46 bits per heavy atom. The van der Waals surface area contributed by atoms with Gasteiger partial charge in [-0.2, -0.15) is 0 Å². The number of para-hydroxylation sites is 2. The van der Waals surface area contributed by atoms with E-state index in [1.54, 1.807) is 0 Å². The molecule has 0 amide bonds. The minimum atomic E-state index is -1.30. The summed E-state index contributed by atoms with van der Waals surface area (Å²) < 4.78 is 21.7. The first-order valence-corrected chi connectivity index (χ1v) is 12.0. The lowest BCUT2D eigenvalue weighted by molar-refractivity contribution is -0.165. The highest BCUT2D eigenvalue weighted by molar-refractivity contribution is 5.87. The molecule has 0 saturated heterocycles. The molecule has 200 valence electrons. The molecule has 0 saturated carbocycles. The molecule has 2 rings (SSSR count). The number of carbonyl (C=O) groups is 2. The molecule has 0 heterocycles. The average Bonchev–Trinajstić information content (AvgIpc) is 2.84. The van der Waals surface area contributed by atoms with Gasteiger partial charge in [-0.25, -0.2) is 9.59 Å². The summed E-state index contributed by atoms with van der Waals surface area (Å²) in [5, 5.41) is 19.9. The van der Waals surface area contributed by atoms with Gasteiger partial charge >= 0.3 is 11.9 Å². The molecule has 2 unspecified atom stereocenters. The van der Waals surface area contributed by atoms with Crippen molar-refractivity contribution < 1.29 is 38.7 Å². The van der Waals surface area contributed by atoms with Crippen molar-refractivity contribution in [2.75, 3.05) is 13.2 Å². The normalized spacial score (nSPS) is 12.7. The largest absolute Gasteiger partial charge is 0.493 e. The fraction of sp³-hybridized carbons (Fsp3) is 0.379. The summed E-state index contributed by atoms with van der Waals surface area (Å²) in [6.45, 7) is 14.3. The van der Waals surface area contributed by atoms with Crippen molar-refractivity contribution >= 4 is 11.9 Å². The number of esters is 2. The Labute approximate surface area is 218 Å². The predicted octanol–water partition coefficient (Wildman–Crippen LogP) is 4.43. The maximum atomic E-state index is 11.6. The zero-order valence-electron chi connectivity index (χ0n) is 21.9. The summed E-state index contributed by atoms with van der Waals surface area (Å²) in [7, 11) is 0. The third-order valence-corrected chi connectivity index (χ3v) is 5.55. The average molecular weight is 513 g/mol. The summed E-state index contributed by atoms with van der Waals surface area (Å²) in [5.41, 5.74) is 1.62. The fourth-order valence-electron chi connectivity index (χ4n) is 3.47. The number of hydrogen-bond donors (Lipinski definition) is 2. The van der Waals surface area contributed by atoms with Crippen LogP contribution < -0.4 is 9.47 Å². The topological polar surface area (TPSA) is 112 Å². The second-order valence-corrected chi connectivity index (χ2v) is 9.17. The standard InChI is InChI=1S/C29H36O8/c1-19(2)27(32)36-25(30)15-17-34-23-13-9-7-11-21(23)29(5,6)22-12-8-10-14-24(22)35-18-16-26(31)37-28(33)20(3)4/h7-14,25-26,30-31H,1,3,15-18H2,2,4-6H3. The molecule has 0 spiro atoms. The van der Waals surface area contributed by atoms with E-state index in [4.69, 9.17) is 18.9 Å². The number of hydrogen-bond acceptors (Lipinski definition) is 8. The van der Waals surface area contributed by atoms with Crippen molar-refractivity contribution in [1.82, 2.24) is 0 Å². The van der Waals surface area contributed by atoms with E-state index in [0.717, 1.165) is 11.1 Å². The van der Waals surface area contributed by atoms with Gasteiger partial charge in [0.05, 0.1) is 13.2 Å². The van der Waals surface area contributed by atoms with Gasteiger partial charge in [-0.1, -0.05) is 63.4 Å². The molecule has 0 radical (unpaired) electrons. The van der Waals surface area contributed by atoms with Crippen molar-refractivity contribution in [3.63, 3.8) is 0 Å². The molecule has 2 aromatic carbocycles. The quantitative estimate of drug-likeness (QED) is 0.217. The van der Waals surface area contributed by atoms with Gasteiger partial charge in [0.2, 0.25) is 12.6 Å². The monoisotopic (exact) mass is 512 g/mol. The SMILES string of the molecule is C=C(C)C(=O)OC(O)CCOc1ccccc1C(C)(C)c1ccccc1OCCC(O)OC(=O)C(=C)C. The van der Waals surface area contributed by atoms with Crippen LogP contribution in [-0.4, -0.2) is 47.9 Å². The summed E-state index contributed by atoms with van der Waals surface area (Å²) in [4.78, 5) is 23.1. The maximum absolute atomic E-state index is 11.6. The molecule has 8 heteroatoms. The van der Waals surface area contributed by atoms with E-state index in [1.165, 1.54) is 13.8 Å². The van der Waals surface area contributed by atoms with Gasteiger partial charge in [-0.05, 0) is 26.0 Å². The molecule has 0 aliphatic heterocycles. The Bertz CT molecular complexity index is 1020. The first-order valence-electron chi connectivity index (χ1n) is 12.0. The summed E-state index contributed by atoms with van der Waals surface area (Å²) in [5.74, 6) is -0.0926. The molecule has 37 heavy (non-hydrogen) atoms. The van der Waals surface area contributed by atoms with E-state index in [9.17, 15) is 19.8 Å². The third-order valence-electron chi connectivity index (χ3n) is 5.55. The highest BCUT2D eigenvalue weighted by atomic mass is 16.6. The van der Waals surface area contributed by atoms with Crippen LogP contribution in [0.4, 0.5) is 0 Å². The maximum Gasteiger partial charge on any atom is 0.335 e. The van der Waals surface area contributed by atoms with Crippen molar-refractivity contribution in [3.8, 4) is 11.5 Å². The number of aliphatic hydroxyl groups is 2. The van der Waals surface area contributed by atoms with Crippen LogP contribution >= 0.6 is 0 Å². The molecule has 2 aromatic rings. The molecular weight excluding hydrogens is 476 g/mol. The number of carbonyl (C=O) groups excluding carboxylic acids is 2. The summed E-state index contributed by atoms with van der Waals surface area (Å²) in [6, 6.07) is 15.1. The Hall–Kier alpha value is -3.62. The van der Waals surface area contributed by atoms with Crippen molar-refractivity contribution in [2.45, 2.75) is 58.5 Å². The van der Waals surface area contributed by atoms with Gasteiger partial charge in [0.1, 0.15) is 11.5 Å². The van der Waals surface area contributed by atoms with Crippen LogP contribution in [0.2, 0.25) is 0 Å². The molecule has 0 bridgehead atoms.